The topological polar surface area (TPSA) is 149 Å². The molecule has 0 amide bonds. The van der Waals surface area contributed by atoms with Crippen LogP contribution in [0.25, 0.3) is 0 Å². The Kier molecular flexibility index (Phi) is 11.4. The summed E-state index contributed by atoms with van der Waals surface area (Å²) < 4.78 is 0. The van der Waals surface area contributed by atoms with E-state index in [-0.39, 0.29) is 0 Å². The number of aryl methyl sites for hydroxylation is 2. The minimum Gasteiger partial charge on any atom is -0.479 e. The predicted octanol–water partition coefficient (Wildman–Crippen LogP) is 1.49. The molecule has 8 nitrogen and oxygen atoms in total. The Balaban J connectivity index is 0.000000391. The molecular formula is C20H22O8. The molecule has 4 N–H and O–H groups in total. The highest BCUT2D eigenvalue weighted by atomic mass is 16.4. The lowest BCUT2D eigenvalue weighted by Crippen LogP contribution is -2.39. The zero-order chi connectivity index (χ0) is 21.7. The predicted molar refractivity (Wildman–Crippen MR) is 100 cm³/mol. The number of aliphatic hydroxyl groups is 2. The molecule has 28 heavy (non-hydrogen) atoms. The van der Waals surface area contributed by atoms with Gasteiger partial charge in [0.15, 0.2) is 12.2 Å². The van der Waals surface area contributed by atoms with Crippen LogP contribution >= 0.6 is 0 Å². The van der Waals surface area contributed by atoms with E-state index in [1.165, 1.54) is 11.1 Å². The molecule has 2 unspecified atom stereocenters. The van der Waals surface area contributed by atoms with Gasteiger partial charge < -0.3 is 20.4 Å². The van der Waals surface area contributed by atoms with E-state index in [9.17, 15) is 19.2 Å². The minimum absolute atomic E-state index is 0.737. The van der Waals surface area contributed by atoms with Crippen molar-refractivity contribution in [2.75, 3.05) is 0 Å². The highest BCUT2D eigenvalue weighted by Crippen LogP contribution is 1.99. The van der Waals surface area contributed by atoms with Crippen LogP contribution in [0.2, 0.25) is 0 Å². The van der Waals surface area contributed by atoms with Gasteiger partial charge >= 0.3 is 11.9 Å². The van der Waals surface area contributed by atoms with Crippen molar-refractivity contribution in [1.82, 2.24) is 0 Å². The molecule has 0 aromatic heterocycles. The van der Waals surface area contributed by atoms with Gasteiger partial charge in [-0.25, -0.2) is 9.59 Å². The van der Waals surface area contributed by atoms with Gasteiger partial charge in [-0.05, 0) is 13.8 Å². The first kappa shape index (κ1) is 24.6. The Hall–Kier alpha value is -3.36. The van der Waals surface area contributed by atoms with Crippen LogP contribution in [0.3, 0.4) is 0 Å². The van der Waals surface area contributed by atoms with Crippen LogP contribution in [-0.2, 0) is 9.59 Å². The second-order valence-electron chi connectivity index (χ2n) is 5.62. The van der Waals surface area contributed by atoms with Crippen molar-refractivity contribution in [1.29, 1.82) is 0 Å². The lowest BCUT2D eigenvalue weighted by molar-refractivity contribution is -0.165. The average Bonchev–Trinajstić information content (AvgIpc) is 2.69. The van der Waals surface area contributed by atoms with Crippen molar-refractivity contribution < 1.29 is 39.6 Å². The third-order valence-electron chi connectivity index (χ3n) is 3.23. The van der Waals surface area contributed by atoms with Gasteiger partial charge in [0.05, 0.1) is 0 Å². The van der Waals surface area contributed by atoms with E-state index < -0.39 is 24.1 Å². The van der Waals surface area contributed by atoms with Crippen molar-refractivity contribution >= 4 is 24.5 Å². The second kappa shape index (κ2) is 12.9. The molecule has 2 rings (SSSR count). The molecular weight excluding hydrogens is 368 g/mol. The molecule has 0 saturated heterocycles. The van der Waals surface area contributed by atoms with Crippen molar-refractivity contribution in [2.24, 2.45) is 0 Å². The molecule has 0 aliphatic carbocycles. The molecule has 2 atom stereocenters. The van der Waals surface area contributed by atoms with E-state index in [0.29, 0.717) is 0 Å². The summed E-state index contributed by atoms with van der Waals surface area (Å²) in [4.78, 5) is 39.8. The maximum absolute atomic E-state index is 10.1. The van der Waals surface area contributed by atoms with Crippen molar-refractivity contribution in [2.45, 2.75) is 26.1 Å². The first-order chi connectivity index (χ1) is 13.1. The Morgan fingerprint density at radius 3 is 1.11 bits per heavy atom. The first-order valence-electron chi connectivity index (χ1n) is 7.97. The van der Waals surface area contributed by atoms with Crippen LogP contribution in [0.4, 0.5) is 0 Å². The number of carbonyl (C=O) groups is 4. The van der Waals surface area contributed by atoms with E-state index in [1.54, 1.807) is 0 Å². The Morgan fingerprint density at radius 2 is 0.929 bits per heavy atom. The van der Waals surface area contributed by atoms with Crippen LogP contribution < -0.4 is 0 Å². The van der Waals surface area contributed by atoms with Gasteiger partial charge in [0.2, 0.25) is 0 Å². The van der Waals surface area contributed by atoms with E-state index in [1.807, 2.05) is 62.4 Å². The fourth-order valence-corrected chi connectivity index (χ4v) is 1.56. The Morgan fingerprint density at radius 1 is 0.679 bits per heavy atom. The highest BCUT2D eigenvalue weighted by Gasteiger charge is 2.29. The summed E-state index contributed by atoms with van der Waals surface area (Å²) in [5, 5.41) is 32.5. The summed E-state index contributed by atoms with van der Waals surface area (Å²) in [6, 6.07) is 14.9. The zero-order valence-corrected chi connectivity index (χ0v) is 15.4. The van der Waals surface area contributed by atoms with Crippen molar-refractivity contribution in [3.8, 4) is 0 Å². The molecule has 8 heteroatoms. The number of carbonyl (C=O) groups excluding carboxylic acids is 2. The molecule has 0 aliphatic rings. The molecule has 0 fully saturated rings. The molecule has 0 heterocycles. The maximum Gasteiger partial charge on any atom is 0.335 e. The van der Waals surface area contributed by atoms with E-state index >= 15 is 0 Å². The van der Waals surface area contributed by atoms with Crippen molar-refractivity contribution in [3.05, 3.63) is 70.8 Å². The van der Waals surface area contributed by atoms with Gasteiger partial charge in [0.1, 0.15) is 12.6 Å². The molecule has 0 aliphatic heterocycles. The number of rotatable bonds is 5. The van der Waals surface area contributed by atoms with Gasteiger partial charge in [-0.3, -0.25) is 9.59 Å². The van der Waals surface area contributed by atoms with Crippen LogP contribution in [0.15, 0.2) is 48.5 Å². The smallest absolute Gasteiger partial charge is 0.335 e. The summed E-state index contributed by atoms with van der Waals surface area (Å²) in [6.45, 7) is 3.99. The number of aldehydes is 2. The van der Waals surface area contributed by atoms with Gasteiger partial charge in [-0.15, -0.1) is 0 Å². The molecule has 0 saturated carbocycles. The highest BCUT2D eigenvalue weighted by molar-refractivity contribution is 5.83. The minimum atomic E-state index is -2.27. The van der Waals surface area contributed by atoms with E-state index in [4.69, 9.17) is 20.4 Å². The largest absolute Gasteiger partial charge is 0.479 e. The van der Waals surface area contributed by atoms with Gasteiger partial charge in [-0.1, -0.05) is 59.7 Å². The molecule has 0 spiro atoms. The number of benzene rings is 2. The number of carboxylic acid groups (broad SMARTS) is 2. The third-order valence-corrected chi connectivity index (χ3v) is 3.23. The number of hydrogen-bond acceptors (Lipinski definition) is 6. The number of hydrogen-bond donors (Lipinski definition) is 4. The van der Waals surface area contributed by atoms with Gasteiger partial charge in [0, 0.05) is 11.1 Å². The number of carboxylic acids is 2. The molecule has 2 aromatic rings. The van der Waals surface area contributed by atoms with Crippen LogP contribution in [0.1, 0.15) is 31.8 Å². The summed E-state index contributed by atoms with van der Waals surface area (Å²) in [6.07, 6.45) is -2.84. The van der Waals surface area contributed by atoms with Crippen LogP contribution in [0, 0.1) is 13.8 Å². The summed E-state index contributed by atoms with van der Waals surface area (Å²) in [5.41, 5.74) is 3.84. The summed E-state index contributed by atoms with van der Waals surface area (Å²) in [5.74, 6) is -3.54. The standard InChI is InChI=1S/2C8H8O.C4H6O6/c2*1-7-2-4-8(6-9)5-3-7;5-1(3(7)8)2(6)4(9)10/h2*2-6H,1H3;1-2,5-6H,(H,7,8)(H,9,10). The quantitative estimate of drug-likeness (QED) is 0.561. The average molecular weight is 390 g/mol. The Labute approximate surface area is 161 Å². The van der Waals surface area contributed by atoms with Gasteiger partial charge in [-0.2, -0.15) is 0 Å². The van der Waals surface area contributed by atoms with Crippen molar-refractivity contribution in [3.63, 3.8) is 0 Å². The molecule has 0 radical (unpaired) electrons. The lowest BCUT2D eigenvalue weighted by atomic mass is 10.2. The monoisotopic (exact) mass is 390 g/mol. The van der Waals surface area contributed by atoms with E-state index in [0.717, 1.165) is 23.7 Å². The first-order valence-corrected chi connectivity index (χ1v) is 7.97. The third kappa shape index (κ3) is 9.95. The molecule has 0 bridgehead atoms. The number of aliphatic carboxylic acids is 2. The van der Waals surface area contributed by atoms with E-state index in [2.05, 4.69) is 0 Å². The number of aliphatic hydroxyl groups excluding tert-OH is 2. The molecule has 2 aromatic carbocycles. The normalized spacial score (nSPS) is 11.4. The zero-order valence-electron chi connectivity index (χ0n) is 15.4. The maximum atomic E-state index is 10.1. The fraction of sp³-hybridized carbons (Fsp3) is 0.200. The second-order valence-corrected chi connectivity index (χ2v) is 5.62. The lowest BCUT2D eigenvalue weighted by Gasteiger charge is -2.07. The Bertz CT molecular complexity index is 698. The SMILES string of the molecule is Cc1ccc(C=O)cc1.Cc1ccc(C=O)cc1.O=C(O)C(O)C(O)C(=O)O. The van der Waals surface area contributed by atoms with Crippen LogP contribution in [0.5, 0.6) is 0 Å². The fourth-order valence-electron chi connectivity index (χ4n) is 1.56. The molecule has 150 valence electrons. The van der Waals surface area contributed by atoms with Gasteiger partial charge in [0.25, 0.3) is 0 Å². The van der Waals surface area contributed by atoms with Crippen LogP contribution in [-0.4, -0.2) is 57.1 Å². The summed E-state index contributed by atoms with van der Waals surface area (Å²) >= 11 is 0. The summed E-state index contributed by atoms with van der Waals surface area (Å²) in [7, 11) is 0.